The monoisotopic (exact) mass is 245 g/mol. The number of hydrogen-bond acceptors (Lipinski definition) is 4. The molecular formula is C10H13F2N3O2. The first-order valence-electron chi connectivity index (χ1n) is 5.41. The second-order valence-corrected chi connectivity index (χ2v) is 4.33. The van der Waals surface area contributed by atoms with Crippen molar-refractivity contribution in [2.45, 2.75) is 44.6 Å². The molecule has 1 aromatic rings. The van der Waals surface area contributed by atoms with Gasteiger partial charge in [-0.15, -0.1) is 10.2 Å². The third kappa shape index (κ3) is 3.76. The minimum Gasteiger partial charge on any atom is -0.423 e. The smallest absolute Gasteiger partial charge is 0.254 e. The van der Waals surface area contributed by atoms with Crippen molar-refractivity contribution in [2.75, 3.05) is 0 Å². The summed E-state index contributed by atoms with van der Waals surface area (Å²) < 4.78 is 30.3. The summed E-state index contributed by atoms with van der Waals surface area (Å²) in [4.78, 5) is 11.1. The average molecular weight is 245 g/mol. The number of alkyl halides is 2. The number of rotatable bonds is 5. The van der Waals surface area contributed by atoms with E-state index in [1.54, 1.807) is 0 Å². The molecule has 17 heavy (non-hydrogen) atoms. The summed E-state index contributed by atoms with van der Waals surface area (Å²) in [7, 11) is 0. The Morgan fingerprint density at radius 2 is 2.24 bits per heavy atom. The zero-order chi connectivity index (χ0) is 12.5. The molecule has 0 spiro atoms. The van der Waals surface area contributed by atoms with E-state index in [4.69, 9.17) is 4.42 Å². The maximum absolute atomic E-state index is 12.5. The predicted octanol–water partition coefficient (Wildman–Crippen LogP) is 1.61. The first kappa shape index (κ1) is 11.9. The molecule has 7 heteroatoms. The average Bonchev–Trinajstić information content (AvgIpc) is 2.93. The molecule has 1 aliphatic carbocycles. The molecular weight excluding hydrogens is 232 g/mol. The molecule has 0 bridgehead atoms. The lowest BCUT2D eigenvalue weighted by Gasteiger charge is -2.08. The highest BCUT2D eigenvalue weighted by Gasteiger charge is 2.29. The van der Waals surface area contributed by atoms with Crippen LogP contribution in [0.15, 0.2) is 4.42 Å². The Kier molecular flexibility index (Phi) is 3.08. The lowest BCUT2D eigenvalue weighted by Crippen LogP contribution is -2.28. The van der Waals surface area contributed by atoms with E-state index >= 15 is 0 Å². The van der Waals surface area contributed by atoms with Gasteiger partial charge in [0.25, 0.3) is 5.92 Å². The first-order chi connectivity index (χ1) is 7.94. The molecule has 2 rings (SSSR count). The normalized spacial score (nSPS) is 15.9. The van der Waals surface area contributed by atoms with Crippen LogP contribution in [0, 0.1) is 0 Å². The van der Waals surface area contributed by atoms with Gasteiger partial charge in [-0.25, -0.2) is 8.78 Å². The summed E-state index contributed by atoms with van der Waals surface area (Å²) in [5.41, 5.74) is 0. The van der Waals surface area contributed by atoms with Crippen molar-refractivity contribution >= 4 is 5.91 Å². The van der Waals surface area contributed by atoms with Gasteiger partial charge in [0.15, 0.2) is 0 Å². The lowest BCUT2D eigenvalue weighted by atomic mass is 10.2. The van der Waals surface area contributed by atoms with Crippen molar-refractivity contribution < 1.29 is 18.0 Å². The fourth-order valence-corrected chi connectivity index (χ4v) is 1.35. The second kappa shape index (κ2) is 4.38. The van der Waals surface area contributed by atoms with Crippen LogP contribution in [0.5, 0.6) is 0 Å². The van der Waals surface area contributed by atoms with Gasteiger partial charge in [0.05, 0.1) is 13.0 Å². The van der Waals surface area contributed by atoms with Gasteiger partial charge in [-0.1, -0.05) is 0 Å². The van der Waals surface area contributed by atoms with Crippen LogP contribution in [-0.2, 0) is 11.3 Å². The predicted molar refractivity (Wildman–Crippen MR) is 53.4 cm³/mol. The lowest BCUT2D eigenvalue weighted by molar-refractivity contribution is -0.127. The second-order valence-electron chi connectivity index (χ2n) is 4.33. The minimum atomic E-state index is -3.00. The zero-order valence-electron chi connectivity index (χ0n) is 9.37. The van der Waals surface area contributed by atoms with Gasteiger partial charge >= 0.3 is 0 Å². The van der Waals surface area contributed by atoms with Crippen molar-refractivity contribution in [1.82, 2.24) is 15.5 Å². The Balaban J connectivity index is 1.78. The van der Waals surface area contributed by atoms with Crippen LogP contribution in [0.2, 0.25) is 0 Å². The van der Waals surface area contributed by atoms with Crippen LogP contribution in [-0.4, -0.2) is 22.0 Å². The van der Waals surface area contributed by atoms with Crippen LogP contribution in [0.25, 0.3) is 0 Å². The van der Waals surface area contributed by atoms with Gasteiger partial charge in [-0.05, 0) is 19.8 Å². The van der Waals surface area contributed by atoms with Crippen LogP contribution >= 0.6 is 0 Å². The van der Waals surface area contributed by atoms with Gasteiger partial charge in [0, 0.05) is 5.92 Å². The van der Waals surface area contributed by atoms with E-state index < -0.39 is 18.3 Å². The van der Waals surface area contributed by atoms with E-state index in [2.05, 4.69) is 15.5 Å². The van der Waals surface area contributed by atoms with E-state index in [-0.39, 0.29) is 12.4 Å². The fraction of sp³-hybridized carbons (Fsp3) is 0.700. The Hall–Kier alpha value is -1.53. The van der Waals surface area contributed by atoms with Gasteiger partial charge < -0.3 is 9.73 Å². The third-order valence-electron chi connectivity index (χ3n) is 2.32. The number of hydrogen-bond donors (Lipinski definition) is 1. The first-order valence-corrected chi connectivity index (χ1v) is 5.41. The number of carbonyl (C=O) groups excluding carboxylic acids is 1. The molecule has 0 radical (unpaired) electrons. The standard InChI is InChI=1S/C10H13F2N3O2/c1-10(11,12)4-7(16)13-5-8-14-15-9(17-8)6-2-3-6/h6H,2-5H2,1H3,(H,13,16). The fourth-order valence-electron chi connectivity index (χ4n) is 1.35. The van der Waals surface area contributed by atoms with Gasteiger partial charge in [0.2, 0.25) is 17.7 Å². The molecule has 5 nitrogen and oxygen atoms in total. The Labute approximate surface area is 96.6 Å². The van der Waals surface area contributed by atoms with Crippen molar-refractivity contribution in [3.8, 4) is 0 Å². The number of carbonyl (C=O) groups is 1. The number of nitrogens with zero attached hydrogens (tertiary/aromatic N) is 2. The van der Waals surface area contributed by atoms with E-state index in [0.29, 0.717) is 18.7 Å². The molecule has 0 unspecified atom stereocenters. The van der Waals surface area contributed by atoms with Gasteiger partial charge in [0.1, 0.15) is 0 Å². The largest absolute Gasteiger partial charge is 0.423 e. The molecule has 1 amide bonds. The highest BCUT2D eigenvalue weighted by atomic mass is 19.3. The number of aromatic nitrogens is 2. The van der Waals surface area contributed by atoms with Crippen LogP contribution < -0.4 is 5.32 Å². The summed E-state index contributed by atoms with van der Waals surface area (Å²) in [5, 5.41) is 9.85. The molecule has 1 aliphatic rings. The number of nitrogens with one attached hydrogen (secondary N) is 1. The summed E-state index contributed by atoms with van der Waals surface area (Å²) in [6, 6.07) is 0. The van der Waals surface area contributed by atoms with Crippen molar-refractivity contribution in [1.29, 1.82) is 0 Å². The van der Waals surface area contributed by atoms with Gasteiger partial charge in [-0.2, -0.15) is 0 Å². The Morgan fingerprint density at radius 3 is 2.82 bits per heavy atom. The Bertz CT molecular complexity index is 410. The molecule has 0 aliphatic heterocycles. The van der Waals surface area contributed by atoms with E-state index in [1.165, 1.54) is 0 Å². The molecule has 0 saturated heterocycles. The van der Waals surface area contributed by atoms with Crippen LogP contribution in [0.4, 0.5) is 8.78 Å². The van der Waals surface area contributed by atoms with Gasteiger partial charge in [-0.3, -0.25) is 4.79 Å². The summed E-state index contributed by atoms with van der Waals surface area (Å²) in [6.45, 7) is 0.694. The van der Waals surface area contributed by atoms with E-state index in [0.717, 1.165) is 12.8 Å². The highest BCUT2D eigenvalue weighted by molar-refractivity contribution is 5.76. The van der Waals surface area contributed by atoms with Crippen LogP contribution in [0.1, 0.15) is 43.9 Å². The van der Waals surface area contributed by atoms with Crippen molar-refractivity contribution in [3.05, 3.63) is 11.8 Å². The molecule has 1 heterocycles. The van der Waals surface area contributed by atoms with Crippen molar-refractivity contribution in [3.63, 3.8) is 0 Å². The van der Waals surface area contributed by atoms with E-state index in [9.17, 15) is 13.6 Å². The number of halogens is 2. The van der Waals surface area contributed by atoms with E-state index in [1.807, 2.05) is 0 Å². The minimum absolute atomic E-state index is 0.00532. The zero-order valence-corrected chi connectivity index (χ0v) is 9.37. The Morgan fingerprint density at radius 1 is 1.53 bits per heavy atom. The summed E-state index contributed by atoms with van der Waals surface area (Å²) in [6.07, 6.45) is 1.24. The van der Waals surface area contributed by atoms with Crippen LogP contribution in [0.3, 0.4) is 0 Å². The molecule has 1 N–H and O–H groups in total. The highest BCUT2D eigenvalue weighted by Crippen LogP contribution is 2.38. The molecule has 0 aromatic carbocycles. The van der Waals surface area contributed by atoms with Crippen molar-refractivity contribution in [2.24, 2.45) is 0 Å². The number of amides is 1. The summed E-state index contributed by atoms with van der Waals surface area (Å²) in [5.74, 6) is -2.58. The SMILES string of the molecule is CC(F)(F)CC(=O)NCc1nnc(C2CC2)o1. The molecule has 94 valence electrons. The topological polar surface area (TPSA) is 68.0 Å². The molecule has 1 saturated carbocycles. The molecule has 0 atom stereocenters. The third-order valence-corrected chi connectivity index (χ3v) is 2.32. The molecule has 1 aromatic heterocycles. The molecule has 1 fully saturated rings. The maximum atomic E-state index is 12.5. The summed E-state index contributed by atoms with van der Waals surface area (Å²) >= 11 is 0. The quantitative estimate of drug-likeness (QED) is 0.855. The maximum Gasteiger partial charge on any atom is 0.254 e.